The summed E-state index contributed by atoms with van der Waals surface area (Å²) < 4.78 is 23.8. The van der Waals surface area contributed by atoms with Crippen molar-refractivity contribution in [3.63, 3.8) is 0 Å². The second-order valence-electron chi connectivity index (χ2n) is 8.98. The van der Waals surface area contributed by atoms with Crippen LogP contribution in [0.4, 0.5) is 0 Å². The van der Waals surface area contributed by atoms with E-state index in [0.717, 1.165) is 5.56 Å². The Morgan fingerprint density at radius 3 is 2.70 bits per heavy atom. The zero-order chi connectivity index (χ0) is 27.8. The van der Waals surface area contributed by atoms with Crippen molar-refractivity contribution in [1.82, 2.24) is 4.57 Å². The van der Waals surface area contributed by atoms with Crippen molar-refractivity contribution in [3.8, 4) is 23.0 Å². The predicted octanol–water partition coefficient (Wildman–Crippen LogP) is 3.38. The van der Waals surface area contributed by atoms with E-state index in [1.807, 2.05) is 36.4 Å². The van der Waals surface area contributed by atoms with Gasteiger partial charge in [0.1, 0.15) is 0 Å². The van der Waals surface area contributed by atoms with E-state index in [2.05, 4.69) is 0 Å². The first-order chi connectivity index (χ1) is 19.5. The smallest absolute Gasteiger partial charge is 0.338 e. The summed E-state index contributed by atoms with van der Waals surface area (Å²) in [5.74, 6) is 0.830. The van der Waals surface area contributed by atoms with Gasteiger partial charge in [-0.2, -0.15) is 0 Å². The third-order valence-electron chi connectivity index (χ3n) is 6.59. The average molecular weight is 557 g/mol. The summed E-state index contributed by atoms with van der Waals surface area (Å²) in [4.78, 5) is 32.8. The normalized spacial score (nSPS) is 15.9. The van der Waals surface area contributed by atoms with E-state index < -0.39 is 12.0 Å². The van der Waals surface area contributed by atoms with Crippen LogP contribution in [0.3, 0.4) is 0 Å². The minimum atomic E-state index is -0.837. The van der Waals surface area contributed by atoms with Crippen LogP contribution >= 0.6 is 11.3 Å². The Balaban J connectivity index is 1.63. The highest BCUT2D eigenvalue weighted by atomic mass is 32.1. The lowest BCUT2D eigenvalue weighted by atomic mass is 9.93. The van der Waals surface area contributed by atoms with Crippen molar-refractivity contribution >= 4 is 29.1 Å². The van der Waals surface area contributed by atoms with Gasteiger partial charge in [-0.15, -0.1) is 0 Å². The zero-order valence-electron chi connectivity index (χ0n) is 21.6. The van der Waals surface area contributed by atoms with Crippen molar-refractivity contribution in [2.75, 3.05) is 20.5 Å². The number of phenolic OH excluding ortho intramolecular Hbond substituents is 1. The van der Waals surface area contributed by atoms with Gasteiger partial charge in [-0.1, -0.05) is 53.8 Å². The molecule has 1 unspecified atom stereocenters. The summed E-state index contributed by atoms with van der Waals surface area (Å²) in [6.07, 6.45) is 1.71. The van der Waals surface area contributed by atoms with Gasteiger partial charge in [0, 0.05) is 5.56 Å². The molecule has 0 radical (unpaired) electrons. The van der Waals surface area contributed by atoms with Gasteiger partial charge >= 0.3 is 5.97 Å². The van der Waals surface area contributed by atoms with E-state index >= 15 is 0 Å². The van der Waals surface area contributed by atoms with Gasteiger partial charge in [-0.25, -0.2) is 9.79 Å². The Hall–Kier alpha value is -4.83. The molecule has 3 aromatic carbocycles. The summed E-state index contributed by atoms with van der Waals surface area (Å²) in [6, 6.07) is 18.7. The van der Waals surface area contributed by atoms with Gasteiger partial charge in [-0.05, 0) is 48.4 Å². The second-order valence-corrected chi connectivity index (χ2v) is 9.98. The van der Waals surface area contributed by atoms with Gasteiger partial charge in [0.25, 0.3) is 5.56 Å². The van der Waals surface area contributed by atoms with Crippen molar-refractivity contribution in [2.24, 2.45) is 4.99 Å². The fourth-order valence-corrected chi connectivity index (χ4v) is 5.78. The largest absolute Gasteiger partial charge is 0.504 e. The number of phenols is 1. The number of aromatic hydroxyl groups is 1. The second kappa shape index (κ2) is 10.4. The third-order valence-corrected chi connectivity index (χ3v) is 7.57. The fourth-order valence-electron chi connectivity index (χ4n) is 4.77. The molecule has 10 heteroatoms. The molecule has 6 rings (SSSR count). The first kappa shape index (κ1) is 25.4. The van der Waals surface area contributed by atoms with Crippen LogP contribution in [0, 0.1) is 0 Å². The first-order valence-electron chi connectivity index (χ1n) is 12.5. The van der Waals surface area contributed by atoms with E-state index in [-0.39, 0.29) is 36.0 Å². The van der Waals surface area contributed by atoms with E-state index in [9.17, 15) is 14.7 Å². The van der Waals surface area contributed by atoms with Crippen LogP contribution in [-0.4, -0.2) is 36.2 Å². The van der Waals surface area contributed by atoms with Crippen LogP contribution < -0.4 is 29.1 Å². The molecule has 0 fully saturated rings. The van der Waals surface area contributed by atoms with Crippen molar-refractivity contribution in [2.45, 2.75) is 13.0 Å². The molecule has 1 aromatic heterocycles. The number of benzene rings is 3. The third kappa shape index (κ3) is 4.42. The minimum absolute atomic E-state index is 0.00417. The summed E-state index contributed by atoms with van der Waals surface area (Å²) in [6.45, 7) is 1.98. The van der Waals surface area contributed by atoms with Gasteiger partial charge in [0.15, 0.2) is 27.8 Å². The zero-order valence-corrected chi connectivity index (χ0v) is 22.4. The standard InChI is InChI=1S/C30H24N2O7S/c1-3-37-29(35)25-26(18-7-5-4-6-8-18)31-30-32(27(25)19-10-12-21-23(15-19)39-16-38-21)28(34)24(40-30)14-17-9-11-20(33)22(13-17)36-2/h4-15,27,33H,3,16H2,1-2H3/b24-14-. The summed E-state index contributed by atoms with van der Waals surface area (Å²) >= 11 is 1.21. The van der Waals surface area contributed by atoms with Gasteiger partial charge < -0.3 is 24.1 Å². The highest BCUT2D eigenvalue weighted by molar-refractivity contribution is 7.07. The molecule has 3 heterocycles. The Morgan fingerprint density at radius 1 is 1.12 bits per heavy atom. The SMILES string of the molecule is CCOC(=O)C1=C(c2ccccc2)N=c2s/c(=C\c3ccc(O)c(OC)c3)c(=O)n2C1c1ccc2c(c1)OCO2. The number of methoxy groups -OCH3 is 1. The molecule has 0 bridgehead atoms. The van der Waals surface area contributed by atoms with Crippen molar-refractivity contribution < 1.29 is 28.8 Å². The number of thiazole rings is 1. The van der Waals surface area contributed by atoms with Crippen LogP contribution in [0.25, 0.3) is 11.8 Å². The lowest BCUT2D eigenvalue weighted by Gasteiger charge is -2.26. The Kier molecular flexibility index (Phi) is 6.61. The average Bonchev–Trinajstić information content (AvgIpc) is 3.57. The molecule has 9 nitrogen and oxygen atoms in total. The molecule has 1 N–H and O–H groups in total. The van der Waals surface area contributed by atoms with Crippen LogP contribution in [0.15, 0.2) is 82.1 Å². The molecule has 1 atom stereocenters. The van der Waals surface area contributed by atoms with Crippen LogP contribution in [-0.2, 0) is 9.53 Å². The molecule has 202 valence electrons. The van der Waals surface area contributed by atoms with Crippen LogP contribution in [0.1, 0.15) is 29.7 Å². The van der Waals surface area contributed by atoms with Gasteiger partial charge in [0.05, 0.1) is 35.6 Å². The highest BCUT2D eigenvalue weighted by Crippen LogP contribution is 2.40. The molecule has 0 saturated carbocycles. The molecule has 0 aliphatic carbocycles. The molecule has 2 aliphatic heterocycles. The lowest BCUT2D eigenvalue weighted by molar-refractivity contribution is -0.138. The molecule has 4 aromatic rings. The lowest BCUT2D eigenvalue weighted by Crippen LogP contribution is -2.40. The number of carbonyl (C=O) groups excluding carboxylic acids is 1. The first-order valence-corrected chi connectivity index (χ1v) is 13.3. The number of fused-ring (bicyclic) bond motifs is 2. The van der Waals surface area contributed by atoms with Crippen LogP contribution in [0.2, 0.25) is 0 Å². The number of hydrogen-bond donors (Lipinski definition) is 1. The number of ether oxygens (including phenoxy) is 4. The summed E-state index contributed by atoms with van der Waals surface area (Å²) in [5, 5.41) is 9.99. The highest BCUT2D eigenvalue weighted by Gasteiger charge is 2.36. The number of nitrogens with zero attached hydrogens (tertiary/aromatic N) is 2. The van der Waals surface area contributed by atoms with Crippen molar-refractivity contribution in [1.29, 1.82) is 0 Å². The number of rotatable bonds is 6. The predicted molar refractivity (Wildman–Crippen MR) is 148 cm³/mol. The summed E-state index contributed by atoms with van der Waals surface area (Å²) in [5.41, 5.74) is 2.38. The molecule has 0 saturated heterocycles. The Labute approximate surface area is 232 Å². The minimum Gasteiger partial charge on any atom is -0.504 e. The monoisotopic (exact) mass is 556 g/mol. The van der Waals surface area contributed by atoms with E-state index in [0.29, 0.717) is 37.7 Å². The topological polar surface area (TPSA) is 109 Å². The van der Waals surface area contributed by atoms with Crippen molar-refractivity contribution in [3.05, 3.63) is 109 Å². The molecule has 2 aliphatic rings. The van der Waals surface area contributed by atoms with E-state index in [4.69, 9.17) is 23.9 Å². The Bertz CT molecular complexity index is 1840. The molecular formula is C30H24N2O7S. The maximum atomic E-state index is 14.0. The van der Waals surface area contributed by atoms with E-state index in [1.165, 1.54) is 29.1 Å². The number of carbonyl (C=O) groups is 1. The van der Waals surface area contributed by atoms with Gasteiger partial charge in [0.2, 0.25) is 6.79 Å². The maximum Gasteiger partial charge on any atom is 0.338 e. The molecule has 0 spiro atoms. The maximum absolute atomic E-state index is 14.0. The number of aromatic nitrogens is 1. The fraction of sp³-hybridized carbons (Fsp3) is 0.167. The Morgan fingerprint density at radius 2 is 1.93 bits per heavy atom. The van der Waals surface area contributed by atoms with E-state index in [1.54, 1.807) is 37.3 Å². The van der Waals surface area contributed by atoms with Gasteiger partial charge in [-0.3, -0.25) is 9.36 Å². The molecular weight excluding hydrogens is 532 g/mol. The van der Waals surface area contributed by atoms with Crippen LogP contribution in [0.5, 0.6) is 23.0 Å². The molecule has 40 heavy (non-hydrogen) atoms. The number of esters is 1. The quantitative estimate of drug-likeness (QED) is 0.363. The number of hydrogen-bond acceptors (Lipinski definition) is 9. The summed E-state index contributed by atoms with van der Waals surface area (Å²) in [7, 11) is 1.46. The molecule has 0 amide bonds.